The van der Waals surface area contributed by atoms with Crippen LogP contribution in [0.4, 0.5) is 5.69 Å². The Labute approximate surface area is 121 Å². The molecule has 20 heavy (non-hydrogen) atoms. The number of nitrogens with zero attached hydrogens (tertiary/aromatic N) is 2. The van der Waals surface area contributed by atoms with Crippen LogP contribution in [0.2, 0.25) is 5.02 Å². The number of hydrogen-bond donors (Lipinski definition) is 1. The quantitative estimate of drug-likeness (QED) is 0.749. The molecular formula is C15H12ClN3O. The fourth-order valence-electron chi connectivity index (χ4n) is 1.94. The minimum atomic E-state index is 0.390. The highest BCUT2D eigenvalue weighted by molar-refractivity contribution is 6.30. The van der Waals surface area contributed by atoms with Crippen LogP contribution in [-0.2, 0) is 6.61 Å². The molecule has 4 nitrogen and oxygen atoms in total. The van der Waals surface area contributed by atoms with E-state index in [4.69, 9.17) is 22.1 Å². The van der Waals surface area contributed by atoms with E-state index >= 15 is 0 Å². The van der Waals surface area contributed by atoms with Gasteiger partial charge in [0.15, 0.2) is 0 Å². The normalized spacial score (nSPS) is 10.7. The average Bonchev–Trinajstić information content (AvgIpc) is 2.45. The lowest BCUT2D eigenvalue weighted by Crippen LogP contribution is -1.99. The van der Waals surface area contributed by atoms with Gasteiger partial charge in [0.25, 0.3) is 0 Å². The number of benzene rings is 2. The summed E-state index contributed by atoms with van der Waals surface area (Å²) in [6.07, 6.45) is 1.48. The van der Waals surface area contributed by atoms with Gasteiger partial charge in [-0.25, -0.2) is 9.97 Å². The minimum Gasteiger partial charge on any atom is -0.472 e. The van der Waals surface area contributed by atoms with Gasteiger partial charge in [-0.2, -0.15) is 0 Å². The lowest BCUT2D eigenvalue weighted by atomic mass is 10.2. The van der Waals surface area contributed by atoms with Gasteiger partial charge in [-0.1, -0.05) is 23.7 Å². The molecule has 3 aromatic rings. The second-order valence-corrected chi connectivity index (χ2v) is 4.81. The zero-order valence-electron chi connectivity index (χ0n) is 10.6. The van der Waals surface area contributed by atoms with Gasteiger partial charge in [-0.05, 0) is 35.9 Å². The third kappa shape index (κ3) is 2.65. The van der Waals surface area contributed by atoms with E-state index in [9.17, 15) is 0 Å². The monoisotopic (exact) mass is 285 g/mol. The number of nitrogens with two attached hydrogens (primary N) is 1. The molecule has 3 rings (SSSR count). The van der Waals surface area contributed by atoms with Gasteiger partial charge in [0.2, 0.25) is 5.88 Å². The molecule has 0 saturated heterocycles. The van der Waals surface area contributed by atoms with Gasteiger partial charge in [-0.3, -0.25) is 0 Å². The van der Waals surface area contributed by atoms with Crippen molar-refractivity contribution < 1.29 is 4.74 Å². The summed E-state index contributed by atoms with van der Waals surface area (Å²) < 4.78 is 5.75. The van der Waals surface area contributed by atoms with Crippen molar-refractivity contribution in [3.63, 3.8) is 0 Å². The second kappa shape index (κ2) is 5.35. The lowest BCUT2D eigenvalue weighted by Gasteiger charge is -2.08. The molecule has 0 fully saturated rings. The fraction of sp³-hybridized carbons (Fsp3) is 0.0667. The number of anilines is 1. The van der Waals surface area contributed by atoms with Crippen molar-refractivity contribution in [1.82, 2.24) is 9.97 Å². The minimum absolute atomic E-state index is 0.390. The molecule has 100 valence electrons. The summed E-state index contributed by atoms with van der Waals surface area (Å²) >= 11 is 5.94. The van der Waals surface area contributed by atoms with E-state index < -0.39 is 0 Å². The van der Waals surface area contributed by atoms with Gasteiger partial charge < -0.3 is 10.5 Å². The van der Waals surface area contributed by atoms with Crippen molar-refractivity contribution in [3.8, 4) is 5.88 Å². The maximum absolute atomic E-state index is 5.94. The smallest absolute Gasteiger partial charge is 0.224 e. The van der Waals surface area contributed by atoms with Gasteiger partial charge in [0.05, 0.1) is 10.9 Å². The molecule has 1 aromatic heterocycles. The summed E-state index contributed by atoms with van der Waals surface area (Å²) in [6.45, 7) is 0.390. The summed E-state index contributed by atoms with van der Waals surface area (Å²) in [7, 11) is 0. The third-order valence-corrected chi connectivity index (χ3v) is 3.12. The van der Waals surface area contributed by atoms with Crippen molar-refractivity contribution in [2.45, 2.75) is 6.61 Å². The first-order valence-electron chi connectivity index (χ1n) is 6.10. The molecule has 0 aliphatic heterocycles. The molecule has 0 amide bonds. The molecule has 5 heteroatoms. The lowest BCUT2D eigenvalue weighted by molar-refractivity contribution is 0.297. The Balaban J connectivity index is 1.89. The number of nitrogen functional groups attached to an aromatic ring is 1. The van der Waals surface area contributed by atoms with Crippen LogP contribution < -0.4 is 10.5 Å². The molecule has 0 bridgehead atoms. The van der Waals surface area contributed by atoms with Crippen LogP contribution in [0.5, 0.6) is 5.88 Å². The summed E-state index contributed by atoms with van der Waals surface area (Å²) in [5.41, 5.74) is 8.23. The Morgan fingerprint density at radius 3 is 2.85 bits per heavy atom. The fourth-order valence-corrected chi connectivity index (χ4v) is 2.16. The van der Waals surface area contributed by atoms with E-state index in [0.29, 0.717) is 23.2 Å². The van der Waals surface area contributed by atoms with Crippen molar-refractivity contribution in [1.29, 1.82) is 0 Å². The molecule has 0 atom stereocenters. The average molecular weight is 286 g/mol. The van der Waals surface area contributed by atoms with Crippen LogP contribution in [-0.4, -0.2) is 9.97 Å². The van der Waals surface area contributed by atoms with E-state index in [1.165, 1.54) is 6.33 Å². The first-order valence-corrected chi connectivity index (χ1v) is 6.47. The van der Waals surface area contributed by atoms with Crippen molar-refractivity contribution in [3.05, 3.63) is 59.4 Å². The molecule has 0 unspecified atom stereocenters. The van der Waals surface area contributed by atoms with Crippen molar-refractivity contribution in [2.75, 3.05) is 5.73 Å². The van der Waals surface area contributed by atoms with E-state index in [1.54, 1.807) is 6.07 Å². The number of fused-ring (bicyclic) bond motifs is 1. The zero-order valence-corrected chi connectivity index (χ0v) is 11.3. The Hall–Kier alpha value is -2.33. The molecule has 2 aromatic carbocycles. The topological polar surface area (TPSA) is 61.0 Å². The predicted octanol–water partition coefficient (Wildman–Crippen LogP) is 3.44. The van der Waals surface area contributed by atoms with Crippen LogP contribution in [0.1, 0.15) is 5.56 Å². The molecule has 0 saturated carbocycles. The Morgan fingerprint density at radius 1 is 1.10 bits per heavy atom. The first-order chi connectivity index (χ1) is 9.72. The summed E-state index contributed by atoms with van der Waals surface area (Å²) in [6, 6.07) is 13.0. The summed E-state index contributed by atoms with van der Waals surface area (Å²) in [5.74, 6) is 0.516. The SMILES string of the molecule is Nc1ccc2ncnc(OCc3cccc(Cl)c3)c2c1. The van der Waals surface area contributed by atoms with E-state index in [2.05, 4.69) is 9.97 Å². The Bertz CT molecular complexity index is 761. The van der Waals surface area contributed by atoms with Crippen LogP contribution in [0.25, 0.3) is 10.9 Å². The van der Waals surface area contributed by atoms with E-state index in [-0.39, 0.29) is 0 Å². The van der Waals surface area contributed by atoms with Crippen molar-refractivity contribution in [2.24, 2.45) is 0 Å². The van der Waals surface area contributed by atoms with Gasteiger partial charge >= 0.3 is 0 Å². The highest BCUT2D eigenvalue weighted by Crippen LogP contribution is 2.24. The number of aromatic nitrogens is 2. The van der Waals surface area contributed by atoms with Gasteiger partial charge in [0.1, 0.15) is 12.9 Å². The molecule has 0 radical (unpaired) electrons. The van der Waals surface area contributed by atoms with Crippen molar-refractivity contribution >= 4 is 28.2 Å². The highest BCUT2D eigenvalue weighted by Gasteiger charge is 2.06. The second-order valence-electron chi connectivity index (χ2n) is 4.37. The molecule has 0 aliphatic carbocycles. The maximum atomic E-state index is 5.94. The third-order valence-electron chi connectivity index (χ3n) is 2.89. The molecule has 1 heterocycles. The summed E-state index contributed by atoms with van der Waals surface area (Å²) in [5, 5.41) is 1.48. The Kier molecular flexibility index (Phi) is 3.39. The van der Waals surface area contributed by atoms with Crippen LogP contribution in [0.15, 0.2) is 48.8 Å². The van der Waals surface area contributed by atoms with Crippen LogP contribution in [0, 0.1) is 0 Å². The molecule has 0 spiro atoms. The Morgan fingerprint density at radius 2 is 2.00 bits per heavy atom. The first kappa shape index (κ1) is 12.7. The largest absolute Gasteiger partial charge is 0.472 e. The molecular weight excluding hydrogens is 274 g/mol. The molecule has 2 N–H and O–H groups in total. The van der Waals surface area contributed by atoms with Gasteiger partial charge in [0, 0.05) is 10.7 Å². The number of ether oxygens (including phenoxy) is 1. The van der Waals surface area contributed by atoms with Crippen LogP contribution in [0.3, 0.4) is 0 Å². The zero-order chi connectivity index (χ0) is 13.9. The van der Waals surface area contributed by atoms with E-state index in [0.717, 1.165) is 16.5 Å². The number of rotatable bonds is 3. The van der Waals surface area contributed by atoms with Gasteiger partial charge in [-0.15, -0.1) is 0 Å². The predicted molar refractivity (Wildman–Crippen MR) is 79.7 cm³/mol. The summed E-state index contributed by atoms with van der Waals surface area (Å²) in [4.78, 5) is 8.35. The van der Waals surface area contributed by atoms with Crippen LogP contribution >= 0.6 is 11.6 Å². The number of halogens is 1. The van der Waals surface area contributed by atoms with E-state index in [1.807, 2.05) is 36.4 Å². The highest BCUT2D eigenvalue weighted by atomic mass is 35.5. The standard InChI is InChI=1S/C15H12ClN3O/c16-11-3-1-2-10(6-11)8-20-15-13-7-12(17)4-5-14(13)18-9-19-15/h1-7,9H,8,17H2. The molecule has 0 aliphatic rings. The maximum Gasteiger partial charge on any atom is 0.224 e. The number of hydrogen-bond acceptors (Lipinski definition) is 4.